The number of thiol groups is 1. The van der Waals surface area contributed by atoms with Gasteiger partial charge in [-0.3, -0.25) is 4.98 Å². The summed E-state index contributed by atoms with van der Waals surface area (Å²) >= 11 is 4.83. The minimum Gasteiger partial charge on any atom is -0.491 e. The molecule has 4 heteroatoms. The van der Waals surface area contributed by atoms with Gasteiger partial charge in [-0.15, -0.1) is 0 Å². The summed E-state index contributed by atoms with van der Waals surface area (Å²) < 4.78 is 11.7. The Morgan fingerprint density at radius 3 is 1.84 bits per heavy atom. The SMILES string of the molecule is CC(C)(C)c1ccc(C(C)(S)COCCOc2cc(C(C)(C)C)ccc2C(C)(C)C)nc1. The van der Waals surface area contributed by atoms with Crippen LogP contribution in [0.1, 0.15) is 91.6 Å². The Kier molecular flexibility index (Phi) is 8.16. The lowest BCUT2D eigenvalue weighted by Crippen LogP contribution is -2.25. The molecule has 0 spiro atoms. The molecule has 178 valence electrons. The molecule has 1 heterocycles. The Morgan fingerprint density at radius 2 is 1.34 bits per heavy atom. The van der Waals surface area contributed by atoms with Crippen LogP contribution in [0.4, 0.5) is 0 Å². The average Bonchev–Trinajstić information content (AvgIpc) is 2.65. The Balaban J connectivity index is 1.98. The molecule has 0 saturated heterocycles. The third kappa shape index (κ3) is 7.25. The van der Waals surface area contributed by atoms with Crippen LogP contribution < -0.4 is 4.74 Å². The molecule has 2 aromatic rings. The molecule has 3 nitrogen and oxygen atoms in total. The van der Waals surface area contributed by atoms with E-state index in [0.29, 0.717) is 19.8 Å². The normalized spacial score (nSPS) is 14.8. The minimum atomic E-state index is -0.459. The Labute approximate surface area is 201 Å². The Morgan fingerprint density at radius 1 is 0.750 bits per heavy atom. The number of nitrogens with zero attached hydrogens (tertiary/aromatic N) is 1. The number of hydrogen-bond acceptors (Lipinski definition) is 4. The third-order valence-corrected chi connectivity index (χ3v) is 6.06. The van der Waals surface area contributed by atoms with Gasteiger partial charge in [0.15, 0.2) is 0 Å². The number of benzene rings is 1. The first-order valence-electron chi connectivity index (χ1n) is 11.6. The maximum Gasteiger partial charge on any atom is 0.123 e. The first kappa shape index (κ1) is 26.7. The van der Waals surface area contributed by atoms with Crippen LogP contribution >= 0.6 is 12.6 Å². The van der Waals surface area contributed by atoms with Crippen LogP contribution in [0.2, 0.25) is 0 Å². The van der Waals surface area contributed by atoms with Gasteiger partial charge in [0, 0.05) is 6.20 Å². The van der Waals surface area contributed by atoms with Crippen molar-refractivity contribution in [3.63, 3.8) is 0 Å². The van der Waals surface area contributed by atoms with Gasteiger partial charge in [0.1, 0.15) is 12.4 Å². The number of hydrogen-bond donors (Lipinski definition) is 1. The highest BCUT2D eigenvalue weighted by atomic mass is 32.1. The first-order chi connectivity index (χ1) is 14.5. The molecule has 32 heavy (non-hydrogen) atoms. The Bertz CT molecular complexity index is 882. The molecule has 1 unspecified atom stereocenters. The summed E-state index contributed by atoms with van der Waals surface area (Å²) in [6.45, 7) is 23.4. The summed E-state index contributed by atoms with van der Waals surface area (Å²) in [6, 6.07) is 10.8. The highest BCUT2D eigenvalue weighted by Gasteiger charge is 2.25. The zero-order chi connectivity index (χ0) is 24.4. The fraction of sp³-hybridized carbons (Fsp3) is 0.607. The fourth-order valence-electron chi connectivity index (χ4n) is 3.44. The van der Waals surface area contributed by atoms with Crippen molar-refractivity contribution in [2.45, 2.75) is 90.2 Å². The first-order valence-corrected chi connectivity index (χ1v) is 12.0. The molecule has 1 atom stereocenters. The van der Waals surface area contributed by atoms with Crippen LogP contribution in [-0.4, -0.2) is 24.8 Å². The predicted molar refractivity (Wildman–Crippen MR) is 139 cm³/mol. The second-order valence-electron chi connectivity index (χ2n) is 12.1. The van der Waals surface area contributed by atoms with Crippen LogP contribution in [0, 0.1) is 0 Å². The van der Waals surface area contributed by atoms with Crippen molar-refractivity contribution in [3.8, 4) is 5.75 Å². The van der Waals surface area contributed by atoms with Gasteiger partial charge in [0.2, 0.25) is 0 Å². The van der Waals surface area contributed by atoms with E-state index >= 15 is 0 Å². The van der Waals surface area contributed by atoms with E-state index in [1.165, 1.54) is 16.7 Å². The van der Waals surface area contributed by atoms with Crippen LogP contribution in [0.5, 0.6) is 5.75 Å². The van der Waals surface area contributed by atoms with Crippen LogP contribution in [0.25, 0.3) is 0 Å². The molecule has 1 aromatic carbocycles. The van der Waals surface area contributed by atoms with E-state index in [0.717, 1.165) is 11.4 Å². The Hall–Kier alpha value is -1.52. The molecule has 2 rings (SSSR count). The van der Waals surface area contributed by atoms with Gasteiger partial charge in [-0.05, 0) is 52.0 Å². The molecule has 1 aromatic heterocycles. The molecule has 0 bridgehead atoms. The monoisotopic (exact) mass is 457 g/mol. The van der Waals surface area contributed by atoms with Crippen molar-refractivity contribution < 1.29 is 9.47 Å². The van der Waals surface area contributed by atoms with Gasteiger partial charge in [0.25, 0.3) is 0 Å². The lowest BCUT2D eigenvalue weighted by Gasteiger charge is -2.27. The van der Waals surface area contributed by atoms with E-state index in [1.54, 1.807) is 0 Å². The highest BCUT2D eigenvalue weighted by Crippen LogP contribution is 2.35. The summed E-state index contributed by atoms with van der Waals surface area (Å²) in [5.74, 6) is 0.946. The van der Waals surface area contributed by atoms with Crippen molar-refractivity contribution >= 4 is 12.6 Å². The molecule has 0 fully saturated rings. The number of ether oxygens (including phenoxy) is 2. The van der Waals surface area contributed by atoms with Gasteiger partial charge in [-0.25, -0.2) is 0 Å². The topological polar surface area (TPSA) is 31.4 Å². The number of pyridine rings is 1. The molecular weight excluding hydrogens is 414 g/mol. The van der Waals surface area contributed by atoms with Crippen molar-refractivity contribution in [1.29, 1.82) is 0 Å². The largest absolute Gasteiger partial charge is 0.491 e. The van der Waals surface area contributed by atoms with Crippen molar-refractivity contribution in [1.82, 2.24) is 4.98 Å². The summed E-state index contributed by atoms with van der Waals surface area (Å²) in [5.41, 5.74) is 4.80. The van der Waals surface area contributed by atoms with E-state index < -0.39 is 4.75 Å². The molecule has 0 aliphatic rings. The van der Waals surface area contributed by atoms with Gasteiger partial charge >= 0.3 is 0 Å². The predicted octanol–water partition coefficient (Wildman–Crippen LogP) is 7.21. The van der Waals surface area contributed by atoms with E-state index in [-0.39, 0.29) is 16.2 Å². The minimum absolute atomic E-state index is 0.0150. The zero-order valence-corrected chi connectivity index (χ0v) is 22.7. The van der Waals surface area contributed by atoms with E-state index in [9.17, 15) is 0 Å². The number of rotatable bonds is 7. The quantitative estimate of drug-likeness (QED) is 0.352. The second-order valence-corrected chi connectivity index (χ2v) is 13.1. The van der Waals surface area contributed by atoms with Crippen LogP contribution in [0.15, 0.2) is 36.5 Å². The molecule has 0 aliphatic heterocycles. The molecule has 0 aliphatic carbocycles. The van der Waals surface area contributed by atoms with Gasteiger partial charge in [0.05, 0.1) is 23.7 Å². The van der Waals surface area contributed by atoms with Gasteiger partial charge < -0.3 is 9.47 Å². The zero-order valence-electron chi connectivity index (χ0n) is 21.8. The highest BCUT2D eigenvalue weighted by molar-refractivity contribution is 7.81. The lowest BCUT2D eigenvalue weighted by atomic mass is 9.81. The van der Waals surface area contributed by atoms with E-state index in [1.807, 2.05) is 13.1 Å². The van der Waals surface area contributed by atoms with Gasteiger partial charge in [-0.1, -0.05) is 80.5 Å². The summed E-state index contributed by atoms with van der Waals surface area (Å²) in [5, 5.41) is 0. The molecule has 0 radical (unpaired) electrons. The smallest absolute Gasteiger partial charge is 0.123 e. The van der Waals surface area contributed by atoms with Crippen molar-refractivity contribution in [3.05, 3.63) is 58.9 Å². The van der Waals surface area contributed by atoms with Crippen molar-refractivity contribution in [2.24, 2.45) is 0 Å². The van der Waals surface area contributed by atoms with E-state index in [2.05, 4.69) is 97.6 Å². The maximum atomic E-state index is 6.21. The fourth-order valence-corrected chi connectivity index (χ4v) is 3.66. The summed E-state index contributed by atoms with van der Waals surface area (Å²) in [4.78, 5) is 4.65. The van der Waals surface area contributed by atoms with Crippen molar-refractivity contribution in [2.75, 3.05) is 19.8 Å². The number of aromatic nitrogens is 1. The summed E-state index contributed by atoms with van der Waals surface area (Å²) in [7, 11) is 0. The molecule has 0 saturated carbocycles. The molecule has 0 N–H and O–H groups in total. The van der Waals surface area contributed by atoms with Gasteiger partial charge in [-0.2, -0.15) is 12.6 Å². The molecular formula is C28H43NO2S. The van der Waals surface area contributed by atoms with E-state index in [4.69, 9.17) is 22.1 Å². The standard InChI is InChI=1S/C28H43NO2S/c1-25(2,3)20-11-13-22(27(7,8)9)23(17-20)31-16-15-30-19-28(10,32)24-14-12-21(18-29-24)26(4,5)6/h11-14,17-18,32H,15-16,19H2,1-10H3. The lowest BCUT2D eigenvalue weighted by molar-refractivity contribution is 0.0849. The maximum absolute atomic E-state index is 6.21. The second kappa shape index (κ2) is 9.77. The van der Waals surface area contributed by atoms with Crippen LogP contribution in [0.3, 0.4) is 0 Å². The third-order valence-electron chi connectivity index (χ3n) is 5.71. The molecule has 0 amide bonds. The van der Waals surface area contributed by atoms with Crippen LogP contribution in [-0.2, 0) is 25.7 Å². The summed E-state index contributed by atoms with van der Waals surface area (Å²) in [6.07, 6.45) is 1.95. The average molecular weight is 458 g/mol.